The Morgan fingerprint density at radius 1 is 1.73 bits per heavy atom. The first-order valence-electron chi connectivity index (χ1n) is 3.72. The molecule has 1 aliphatic heterocycles. The molecule has 0 aromatic carbocycles. The summed E-state index contributed by atoms with van der Waals surface area (Å²) in [5.74, 6) is -0.710. The van der Waals surface area contributed by atoms with Crippen LogP contribution in [-0.2, 0) is 9.53 Å². The number of rotatable bonds is 1. The van der Waals surface area contributed by atoms with E-state index in [9.17, 15) is 9.90 Å². The van der Waals surface area contributed by atoms with Gasteiger partial charge in [-0.1, -0.05) is 0 Å². The van der Waals surface area contributed by atoms with Crippen molar-refractivity contribution in [2.45, 2.75) is 12.5 Å². The Kier molecular flexibility index (Phi) is 2.84. The predicted octanol–water partition coefficient (Wildman–Crippen LogP) is -0.870. The summed E-state index contributed by atoms with van der Waals surface area (Å²) in [6, 6.07) is 0. The highest BCUT2D eigenvalue weighted by Crippen LogP contribution is 2.11. The number of esters is 1. The monoisotopic (exact) mass is 159 g/mol. The number of nitrogens with one attached hydrogen (secondary N) is 1. The summed E-state index contributed by atoms with van der Waals surface area (Å²) in [7, 11) is 1.34. The Morgan fingerprint density at radius 2 is 2.45 bits per heavy atom. The molecule has 2 atom stereocenters. The van der Waals surface area contributed by atoms with Gasteiger partial charge in [-0.25, -0.2) is 0 Å². The molecular weight excluding hydrogens is 146 g/mol. The minimum absolute atomic E-state index is 0.329. The van der Waals surface area contributed by atoms with Crippen LogP contribution in [0.1, 0.15) is 6.42 Å². The zero-order valence-electron chi connectivity index (χ0n) is 6.54. The SMILES string of the molecule is COC(=O)[C@H]1CNCC[C@@H]1O. The molecule has 1 heterocycles. The van der Waals surface area contributed by atoms with Crippen molar-refractivity contribution in [3.05, 3.63) is 0 Å². The lowest BCUT2D eigenvalue weighted by atomic mass is 9.96. The topological polar surface area (TPSA) is 58.6 Å². The van der Waals surface area contributed by atoms with Crippen molar-refractivity contribution in [3.63, 3.8) is 0 Å². The molecule has 0 amide bonds. The molecule has 64 valence electrons. The molecule has 0 unspecified atom stereocenters. The van der Waals surface area contributed by atoms with Gasteiger partial charge in [0.05, 0.1) is 19.1 Å². The van der Waals surface area contributed by atoms with Gasteiger partial charge in [-0.3, -0.25) is 4.79 Å². The van der Waals surface area contributed by atoms with E-state index in [1.165, 1.54) is 7.11 Å². The van der Waals surface area contributed by atoms with Crippen LogP contribution >= 0.6 is 0 Å². The van der Waals surface area contributed by atoms with E-state index in [1.54, 1.807) is 0 Å². The number of ether oxygens (including phenoxy) is 1. The molecule has 1 saturated heterocycles. The van der Waals surface area contributed by atoms with E-state index < -0.39 is 6.10 Å². The molecule has 1 fully saturated rings. The van der Waals surface area contributed by atoms with Gasteiger partial charge in [-0.15, -0.1) is 0 Å². The van der Waals surface area contributed by atoms with Gasteiger partial charge >= 0.3 is 5.97 Å². The lowest BCUT2D eigenvalue weighted by Gasteiger charge is -2.25. The molecule has 0 bridgehead atoms. The number of piperidine rings is 1. The van der Waals surface area contributed by atoms with Gasteiger partial charge < -0.3 is 15.2 Å². The van der Waals surface area contributed by atoms with Crippen LogP contribution in [0.3, 0.4) is 0 Å². The van der Waals surface area contributed by atoms with Crippen LogP contribution in [0, 0.1) is 5.92 Å². The largest absolute Gasteiger partial charge is 0.469 e. The number of hydrogen-bond donors (Lipinski definition) is 2. The van der Waals surface area contributed by atoms with E-state index in [0.29, 0.717) is 13.0 Å². The Hall–Kier alpha value is -0.610. The van der Waals surface area contributed by atoms with E-state index in [4.69, 9.17) is 0 Å². The van der Waals surface area contributed by atoms with Crippen LogP contribution in [0.25, 0.3) is 0 Å². The molecule has 4 heteroatoms. The molecule has 0 aromatic heterocycles. The Morgan fingerprint density at radius 3 is 3.00 bits per heavy atom. The van der Waals surface area contributed by atoms with Crippen LogP contribution in [-0.4, -0.2) is 37.4 Å². The van der Waals surface area contributed by atoms with Gasteiger partial charge in [-0.2, -0.15) is 0 Å². The van der Waals surface area contributed by atoms with Crippen molar-refractivity contribution in [1.29, 1.82) is 0 Å². The molecule has 0 spiro atoms. The molecule has 0 aliphatic carbocycles. The highest BCUT2D eigenvalue weighted by molar-refractivity contribution is 5.73. The first kappa shape index (κ1) is 8.49. The average molecular weight is 159 g/mol. The second-order valence-corrected chi connectivity index (χ2v) is 2.69. The van der Waals surface area contributed by atoms with E-state index in [-0.39, 0.29) is 11.9 Å². The van der Waals surface area contributed by atoms with E-state index in [1.807, 2.05) is 0 Å². The fourth-order valence-corrected chi connectivity index (χ4v) is 1.24. The minimum Gasteiger partial charge on any atom is -0.469 e. The third-order valence-corrected chi connectivity index (χ3v) is 1.95. The van der Waals surface area contributed by atoms with Crippen LogP contribution < -0.4 is 5.32 Å². The third-order valence-electron chi connectivity index (χ3n) is 1.95. The summed E-state index contributed by atoms with van der Waals surface area (Å²) in [4.78, 5) is 11.0. The maximum Gasteiger partial charge on any atom is 0.312 e. The summed E-state index contributed by atoms with van der Waals surface area (Å²) >= 11 is 0. The fourth-order valence-electron chi connectivity index (χ4n) is 1.24. The fraction of sp³-hybridized carbons (Fsp3) is 0.857. The summed E-state index contributed by atoms with van der Waals surface area (Å²) in [5, 5.41) is 12.3. The maximum atomic E-state index is 11.0. The quantitative estimate of drug-likeness (QED) is 0.488. The highest BCUT2D eigenvalue weighted by Gasteiger charge is 2.29. The smallest absolute Gasteiger partial charge is 0.312 e. The second kappa shape index (κ2) is 3.69. The van der Waals surface area contributed by atoms with Crippen LogP contribution in [0.4, 0.5) is 0 Å². The molecular formula is C7H13NO3. The zero-order chi connectivity index (χ0) is 8.27. The van der Waals surface area contributed by atoms with E-state index in [0.717, 1.165) is 6.54 Å². The van der Waals surface area contributed by atoms with Crippen molar-refractivity contribution < 1.29 is 14.6 Å². The van der Waals surface area contributed by atoms with Gasteiger partial charge in [0.2, 0.25) is 0 Å². The van der Waals surface area contributed by atoms with Crippen LogP contribution in [0.15, 0.2) is 0 Å². The molecule has 0 aromatic rings. The number of carbonyl (C=O) groups excluding carboxylic acids is 1. The predicted molar refractivity (Wildman–Crippen MR) is 39.0 cm³/mol. The molecule has 11 heavy (non-hydrogen) atoms. The van der Waals surface area contributed by atoms with Crippen molar-refractivity contribution in [3.8, 4) is 0 Å². The van der Waals surface area contributed by atoms with Gasteiger partial charge in [0, 0.05) is 6.54 Å². The van der Waals surface area contributed by atoms with Gasteiger partial charge in [-0.05, 0) is 13.0 Å². The minimum atomic E-state index is -0.538. The standard InChI is InChI=1S/C7H13NO3/c1-11-7(10)5-4-8-3-2-6(5)9/h5-6,8-9H,2-4H2,1H3/t5-,6-/m0/s1. The van der Waals surface area contributed by atoms with Gasteiger partial charge in [0.1, 0.15) is 0 Å². The Labute approximate surface area is 65.5 Å². The molecule has 2 N–H and O–H groups in total. The Bertz CT molecular complexity index is 149. The number of aliphatic hydroxyl groups excluding tert-OH is 1. The molecule has 0 saturated carbocycles. The van der Waals surface area contributed by atoms with Gasteiger partial charge in [0.25, 0.3) is 0 Å². The first-order valence-corrected chi connectivity index (χ1v) is 3.72. The normalized spacial score (nSPS) is 31.5. The molecule has 0 radical (unpaired) electrons. The second-order valence-electron chi connectivity index (χ2n) is 2.69. The highest BCUT2D eigenvalue weighted by atomic mass is 16.5. The summed E-state index contributed by atoms with van der Waals surface area (Å²) < 4.78 is 4.52. The van der Waals surface area contributed by atoms with E-state index >= 15 is 0 Å². The van der Waals surface area contributed by atoms with Crippen molar-refractivity contribution >= 4 is 5.97 Å². The lowest BCUT2D eigenvalue weighted by Crippen LogP contribution is -2.44. The first-order chi connectivity index (χ1) is 5.25. The van der Waals surface area contributed by atoms with Gasteiger partial charge in [0.15, 0.2) is 0 Å². The average Bonchev–Trinajstić information content (AvgIpc) is 2.04. The lowest BCUT2D eigenvalue weighted by molar-refractivity contribution is -0.150. The van der Waals surface area contributed by atoms with E-state index in [2.05, 4.69) is 10.1 Å². The third kappa shape index (κ3) is 1.91. The summed E-state index contributed by atoms with van der Waals surface area (Å²) in [5.41, 5.74) is 0. The van der Waals surface area contributed by atoms with Crippen molar-refractivity contribution in [1.82, 2.24) is 5.32 Å². The summed E-state index contributed by atoms with van der Waals surface area (Å²) in [6.45, 7) is 1.29. The molecule has 4 nitrogen and oxygen atoms in total. The number of carbonyl (C=O) groups is 1. The number of methoxy groups -OCH3 is 1. The zero-order valence-corrected chi connectivity index (χ0v) is 6.54. The Balaban J connectivity index is 2.47. The molecule has 1 rings (SSSR count). The van der Waals surface area contributed by atoms with Crippen molar-refractivity contribution in [2.75, 3.05) is 20.2 Å². The number of aliphatic hydroxyl groups is 1. The van der Waals surface area contributed by atoms with Crippen LogP contribution in [0.2, 0.25) is 0 Å². The van der Waals surface area contributed by atoms with Crippen LogP contribution in [0.5, 0.6) is 0 Å². The number of hydrogen-bond acceptors (Lipinski definition) is 4. The molecule has 1 aliphatic rings. The maximum absolute atomic E-state index is 11.0. The summed E-state index contributed by atoms with van der Waals surface area (Å²) in [6.07, 6.45) is 0.0865. The van der Waals surface area contributed by atoms with Crippen molar-refractivity contribution in [2.24, 2.45) is 5.92 Å².